The normalized spacial score (nSPS) is 11.4. The van der Waals surface area contributed by atoms with Gasteiger partial charge in [0.2, 0.25) is 5.91 Å². The maximum atomic E-state index is 13.0. The zero-order valence-electron chi connectivity index (χ0n) is 14.4. The molecule has 0 saturated heterocycles. The summed E-state index contributed by atoms with van der Waals surface area (Å²) in [5.74, 6) is -0.819. The van der Waals surface area contributed by atoms with E-state index in [1.165, 1.54) is 13.0 Å². The highest BCUT2D eigenvalue weighted by molar-refractivity contribution is 6.04. The number of nitrogens with zero attached hydrogens (tertiary/aromatic N) is 2. The van der Waals surface area contributed by atoms with E-state index in [1.807, 2.05) is 0 Å². The largest absolute Gasteiger partial charge is 0.417 e. The van der Waals surface area contributed by atoms with Crippen LogP contribution in [0.25, 0.3) is 5.65 Å². The van der Waals surface area contributed by atoms with E-state index in [-0.39, 0.29) is 17.2 Å². The molecule has 27 heavy (non-hydrogen) atoms. The summed E-state index contributed by atoms with van der Waals surface area (Å²) >= 11 is 0. The molecule has 0 radical (unpaired) electrons. The number of nitrogens with one attached hydrogen (secondary N) is 2. The number of aryl methyl sites for hydroxylation is 1. The molecular weight excluding hydrogens is 361 g/mol. The average molecular weight is 376 g/mol. The number of rotatable bonds is 3. The zero-order chi connectivity index (χ0) is 19.8. The van der Waals surface area contributed by atoms with E-state index in [2.05, 4.69) is 15.6 Å². The molecule has 3 rings (SSSR count). The number of pyridine rings is 1. The molecule has 0 aliphatic heterocycles. The second kappa shape index (κ2) is 6.75. The standard InChI is InChI=1S/C18H15F3N4O2/c1-10-16(25-9-12(18(19,20)21)3-8-15(25)22-10)17(27)24-14-6-4-13(5-7-14)23-11(2)26/h3-9H,1-2H3,(H,23,26)(H,24,27). The average Bonchev–Trinajstić information content (AvgIpc) is 2.90. The molecular formula is C18H15F3N4O2. The highest BCUT2D eigenvalue weighted by Gasteiger charge is 2.31. The monoisotopic (exact) mass is 376 g/mol. The fourth-order valence-corrected chi connectivity index (χ4v) is 2.63. The first-order chi connectivity index (χ1) is 12.6. The highest BCUT2D eigenvalue weighted by atomic mass is 19.4. The minimum Gasteiger partial charge on any atom is -0.326 e. The topological polar surface area (TPSA) is 75.5 Å². The van der Waals surface area contributed by atoms with Gasteiger partial charge in [-0.25, -0.2) is 4.98 Å². The summed E-state index contributed by atoms with van der Waals surface area (Å²) in [5.41, 5.74) is 0.674. The minimum absolute atomic E-state index is 0.0158. The van der Waals surface area contributed by atoms with Gasteiger partial charge in [-0.15, -0.1) is 0 Å². The van der Waals surface area contributed by atoms with Crippen LogP contribution in [0.5, 0.6) is 0 Å². The molecule has 140 valence electrons. The summed E-state index contributed by atoms with van der Waals surface area (Å²) in [4.78, 5) is 27.8. The molecule has 0 aliphatic carbocycles. The lowest BCUT2D eigenvalue weighted by Gasteiger charge is -2.10. The molecule has 6 nitrogen and oxygen atoms in total. The summed E-state index contributed by atoms with van der Waals surface area (Å²) in [6, 6.07) is 8.48. The predicted molar refractivity (Wildman–Crippen MR) is 93.6 cm³/mol. The Morgan fingerprint density at radius 1 is 1.00 bits per heavy atom. The Morgan fingerprint density at radius 2 is 1.59 bits per heavy atom. The fourth-order valence-electron chi connectivity index (χ4n) is 2.63. The van der Waals surface area contributed by atoms with Gasteiger partial charge in [0.25, 0.3) is 5.91 Å². The van der Waals surface area contributed by atoms with Gasteiger partial charge in [-0.05, 0) is 43.3 Å². The van der Waals surface area contributed by atoms with Crippen molar-refractivity contribution in [3.05, 3.63) is 59.5 Å². The highest BCUT2D eigenvalue weighted by Crippen LogP contribution is 2.30. The Bertz CT molecular complexity index is 1020. The quantitative estimate of drug-likeness (QED) is 0.729. The van der Waals surface area contributed by atoms with Gasteiger partial charge in [0, 0.05) is 24.5 Å². The summed E-state index contributed by atoms with van der Waals surface area (Å²) in [6.07, 6.45) is -3.68. The molecule has 0 bridgehead atoms. The fraction of sp³-hybridized carbons (Fsp3) is 0.167. The number of carbonyl (C=O) groups is 2. The van der Waals surface area contributed by atoms with E-state index in [9.17, 15) is 22.8 Å². The number of anilines is 2. The van der Waals surface area contributed by atoms with Gasteiger partial charge in [-0.2, -0.15) is 13.2 Å². The number of imidazole rings is 1. The predicted octanol–water partition coefficient (Wildman–Crippen LogP) is 3.87. The molecule has 2 aromatic heterocycles. The van der Waals surface area contributed by atoms with Gasteiger partial charge in [0.15, 0.2) is 0 Å². The molecule has 2 heterocycles. The molecule has 9 heteroatoms. The van der Waals surface area contributed by atoms with Crippen LogP contribution >= 0.6 is 0 Å². The maximum Gasteiger partial charge on any atom is 0.417 e. The second-order valence-electron chi connectivity index (χ2n) is 5.90. The first-order valence-electron chi connectivity index (χ1n) is 7.90. The van der Waals surface area contributed by atoms with Crippen LogP contribution in [0.2, 0.25) is 0 Å². The lowest BCUT2D eigenvalue weighted by Crippen LogP contribution is -2.16. The number of hydrogen-bond donors (Lipinski definition) is 2. The third-order valence-electron chi connectivity index (χ3n) is 3.80. The van der Waals surface area contributed by atoms with Crippen molar-refractivity contribution in [3.63, 3.8) is 0 Å². The van der Waals surface area contributed by atoms with E-state index in [1.54, 1.807) is 31.2 Å². The maximum absolute atomic E-state index is 13.0. The van der Waals surface area contributed by atoms with E-state index in [4.69, 9.17) is 0 Å². The molecule has 2 N–H and O–H groups in total. The molecule has 0 spiro atoms. The molecule has 0 aliphatic rings. The van der Waals surface area contributed by atoms with Crippen LogP contribution in [0, 0.1) is 6.92 Å². The number of alkyl halides is 3. The van der Waals surface area contributed by atoms with E-state index >= 15 is 0 Å². The van der Waals surface area contributed by atoms with Crippen molar-refractivity contribution in [2.45, 2.75) is 20.0 Å². The van der Waals surface area contributed by atoms with Crippen molar-refractivity contribution < 1.29 is 22.8 Å². The van der Waals surface area contributed by atoms with Crippen LogP contribution in [0.4, 0.5) is 24.5 Å². The zero-order valence-corrected chi connectivity index (χ0v) is 14.4. The second-order valence-corrected chi connectivity index (χ2v) is 5.90. The van der Waals surface area contributed by atoms with Crippen LogP contribution in [-0.2, 0) is 11.0 Å². The summed E-state index contributed by atoms with van der Waals surface area (Å²) in [5, 5.41) is 5.22. The summed E-state index contributed by atoms with van der Waals surface area (Å²) < 4.78 is 40.0. The molecule has 0 saturated carbocycles. The van der Waals surface area contributed by atoms with Crippen LogP contribution in [0.15, 0.2) is 42.6 Å². The van der Waals surface area contributed by atoms with Crippen molar-refractivity contribution in [2.24, 2.45) is 0 Å². The molecule has 0 fully saturated rings. The molecule has 1 aromatic carbocycles. The van der Waals surface area contributed by atoms with Gasteiger partial charge in [-0.1, -0.05) is 0 Å². The van der Waals surface area contributed by atoms with Gasteiger partial charge < -0.3 is 10.6 Å². The number of halogens is 3. The molecule has 0 unspecified atom stereocenters. The Hall–Kier alpha value is -3.36. The Kier molecular flexibility index (Phi) is 4.61. The number of hydrogen-bond acceptors (Lipinski definition) is 3. The summed E-state index contributed by atoms with van der Waals surface area (Å²) in [7, 11) is 0. The van der Waals surface area contributed by atoms with Crippen molar-refractivity contribution in [1.29, 1.82) is 0 Å². The Labute approximate surface area is 152 Å². The van der Waals surface area contributed by atoms with Gasteiger partial charge in [0.05, 0.1) is 11.3 Å². The smallest absolute Gasteiger partial charge is 0.326 e. The first-order valence-corrected chi connectivity index (χ1v) is 7.90. The Balaban J connectivity index is 1.91. The number of carbonyl (C=O) groups excluding carboxylic acids is 2. The van der Waals surface area contributed by atoms with E-state index in [0.717, 1.165) is 16.7 Å². The SMILES string of the molecule is CC(=O)Nc1ccc(NC(=O)c2c(C)nc3ccc(C(F)(F)F)cn23)cc1. The van der Waals surface area contributed by atoms with E-state index in [0.29, 0.717) is 17.1 Å². The minimum atomic E-state index is -4.53. The van der Waals surface area contributed by atoms with Crippen LogP contribution in [0.3, 0.4) is 0 Å². The Morgan fingerprint density at radius 3 is 2.15 bits per heavy atom. The lowest BCUT2D eigenvalue weighted by molar-refractivity contribution is -0.137. The number of aromatic nitrogens is 2. The number of fused-ring (bicyclic) bond motifs is 1. The summed E-state index contributed by atoms with van der Waals surface area (Å²) in [6.45, 7) is 2.92. The van der Waals surface area contributed by atoms with Gasteiger partial charge >= 0.3 is 6.18 Å². The van der Waals surface area contributed by atoms with Gasteiger partial charge in [-0.3, -0.25) is 14.0 Å². The van der Waals surface area contributed by atoms with Crippen molar-refractivity contribution in [1.82, 2.24) is 9.38 Å². The van der Waals surface area contributed by atoms with Crippen molar-refractivity contribution in [2.75, 3.05) is 10.6 Å². The van der Waals surface area contributed by atoms with Crippen LogP contribution in [-0.4, -0.2) is 21.2 Å². The lowest BCUT2D eigenvalue weighted by atomic mass is 10.2. The van der Waals surface area contributed by atoms with Crippen molar-refractivity contribution >= 4 is 28.8 Å². The number of benzene rings is 1. The third-order valence-corrected chi connectivity index (χ3v) is 3.80. The van der Waals surface area contributed by atoms with Gasteiger partial charge in [0.1, 0.15) is 11.3 Å². The molecule has 2 amide bonds. The molecule has 3 aromatic rings. The van der Waals surface area contributed by atoms with E-state index < -0.39 is 17.6 Å². The number of amides is 2. The van der Waals surface area contributed by atoms with Crippen LogP contribution < -0.4 is 10.6 Å². The van der Waals surface area contributed by atoms with Crippen molar-refractivity contribution in [3.8, 4) is 0 Å². The molecule has 0 atom stereocenters. The van der Waals surface area contributed by atoms with Crippen LogP contribution in [0.1, 0.15) is 28.7 Å². The third kappa shape index (κ3) is 3.91. The first kappa shape index (κ1) is 18.4.